The maximum absolute atomic E-state index is 9.52. The topological polar surface area (TPSA) is 20.2 Å². The van der Waals surface area contributed by atoms with Crippen molar-refractivity contribution in [1.82, 2.24) is 0 Å². The van der Waals surface area contributed by atoms with E-state index < -0.39 is 0 Å². The number of hydrogen-bond acceptors (Lipinski definition) is 1. The Balaban J connectivity index is 2.02. The zero-order valence-electron chi connectivity index (χ0n) is 11.3. The molecule has 1 aliphatic carbocycles. The third kappa shape index (κ3) is 3.41. The molecule has 1 saturated carbocycles. The number of phenols is 1. The molecule has 3 unspecified atom stereocenters. The predicted molar refractivity (Wildman–Crippen MR) is 77.1 cm³/mol. The Morgan fingerprint density at radius 1 is 1.33 bits per heavy atom. The summed E-state index contributed by atoms with van der Waals surface area (Å²) in [4.78, 5) is 0. The van der Waals surface area contributed by atoms with Crippen LogP contribution in [0.4, 0.5) is 0 Å². The van der Waals surface area contributed by atoms with E-state index >= 15 is 0 Å². The second-order valence-corrected chi connectivity index (χ2v) is 6.53. The van der Waals surface area contributed by atoms with Crippen LogP contribution >= 0.6 is 11.6 Å². The van der Waals surface area contributed by atoms with E-state index in [1.807, 2.05) is 12.1 Å². The van der Waals surface area contributed by atoms with Crippen LogP contribution < -0.4 is 0 Å². The number of benzene rings is 1. The van der Waals surface area contributed by atoms with Gasteiger partial charge >= 0.3 is 0 Å². The molecule has 1 aromatic carbocycles. The number of aromatic hydroxyl groups is 1. The normalized spacial score (nSPS) is 28.6. The lowest BCUT2D eigenvalue weighted by molar-refractivity contribution is 0.218. The third-order valence-electron chi connectivity index (χ3n) is 4.28. The summed E-state index contributed by atoms with van der Waals surface area (Å²) in [5, 5.41) is 9.81. The molecule has 1 aliphatic rings. The molecule has 0 saturated heterocycles. The van der Waals surface area contributed by atoms with E-state index in [1.165, 1.54) is 18.4 Å². The Hall–Kier alpha value is -0.690. The Bertz CT molecular complexity index is 388. The largest absolute Gasteiger partial charge is 0.508 e. The van der Waals surface area contributed by atoms with Crippen molar-refractivity contribution < 1.29 is 5.11 Å². The van der Waals surface area contributed by atoms with E-state index in [0.717, 1.165) is 24.7 Å². The van der Waals surface area contributed by atoms with E-state index in [1.54, 1.807) is 6.07 Å². The fourth-order valence-corrected chi connectivity index (χ4v) is 3.38. The molecule has 1 nitrogen and oxygen atoms in total. The summed E-state index contributed by atoms with van der Waals surface area (Å²) in [5.41, 5.74) is 1.20. The summed E-state index contributed by atoms with van der Waals surface area (Å²) in [6, 6.07) is 7.58. The van der Waals surface area contributed by atoms with Crippen LogP contribution in [0.1, 0.15) is 38.7 Å². The van der Waals surface area contributed by atoms with E-state index in [0.29, 0.717) is 17.0 Å². The molecule has 0 radical (unpaired) electrons. The van der Waals surface area contributed by atoms with Gasteiger partial charge in [-0.3, -0.25) is 0 Å². The highest BCUT2D eigenvalue weighted by Gasteiger charge is 2.30. The highest BCUT2D eigenvalue weighted by Crippen LogP contribution is 2.38. The zero-order chi connectivity index (χ0) is 13.1. The molecule has 18 heavy (non-hydrogen) atoms. The van der Waals surface area contributed by atoms with E-state index in [9.17, 15) is 5.11 Å². The van der Waals surface area contributed by atoms with Gasteiger partial charge in [0.25, 0.3) is 0 Å². The molecule has 0 heterocycles. The maximum atomic E-state index is 9.52. The van der Waals surface area contributed by atoms with Crippen LogP contribution in [-0.2, 0) is 6.42 Å². The number of phenolic OH excluding ortho intramolecular Hbond substituents is 1. The van der Waals surface area contributed by atoms with E-state index in [4.69, 9.17) is 11.6 Å². The van der Waals surface area contributed by atoms with Crippen LogP contribution in [0.15, 0.2) is 24.3 Å². The monoisotopic (exact) mass is 266 g/mol. The van der Waals surface area contributed by atoms with Gasteiger partial charge in [0.2, 0.25) is 0 Å². The molecule has 3 atom stereocenters. The van der Waals surface area contributed by atoms with Crippen LogP contribution in [0.5, 0.6) is 5.75 Å². The van der Waals surface area contributed by atoms with Gasteiger partial charge in [0.1, 0.15) is 5.75 Å². The average molecular weight is 267 g/mol. The molecule has 1 N–H and O–H groups in total. The molecule has 100 valence electrons. The quantitative estimate of drug-likeness (QED) is 0.792. The van der Waals surface area contributed by atoms with Crippen LogP contribution in [0.3, 0.4) is 0 Å². The second-order valence-electron chi connectivity index (χ2n) is 5.97. The minimum Gasteiger partial charge on any atom is -0.508 e. The SMILES string of the molecule is CC(C)C1CCC(Cl)C(Cc2cccc(O)c2)C1. The van der Waals surface area contributed by atoms with Crippen LogP contribution in [-0.4, -0.2) is 10.5 Å². The van der Waals surface area contributed by atoms with Gasteiger partial charge in [0.15, 0.2) is 0 Å². The van der Waals surface area contributed by atoms with Crippen molar-refractivity contribution >= 4 is 11.6 Å². The molecule has 0 aromatic heterocycles. The van der Waals surface area contributed by atoms with E-state index in [-0.39, 0.29) is 0 Å². The summed E-state index contributed by atoms with van der Waals surface area (Å²) in [7, 11) is 0. The van der Waals surface area contributed by atoms with Gasteiger partial charge in [-0.05, 0) is 61.1 Å². The first-order chi connectivity index (χ1) is 8.56. The summed E-state index contributed by atoms with van der Waals surface area (Å²) in [5.74, 6) is 2.47. The van der Waals surface area contributed by atoms with Gasteiger partial charge in [-0.2, -0.15) is 0 Å². The number of halogens is 1. The van der Waals surface area contributed by atoms with Gasteiger partial charge in [-0.15, -0.1) is 11.6 Å². The smallest absolute Gasteiger partial charge is 0.115 e. The Morgan fingerprint density at radius 3 is 2.78 bits per heavy atom. The standard InChI is InChI=1S/C16H23ClO/c1-11(2)13-6-7-16(17)14(10-13)8-12-4-3-5-15(18)9-12/h3-5,9,11,13-14,16,18H,6-8,10H2,1-2H3. The lowest BCUT2D eigenvalue weighted by Crippen LogP contribution is -2.29. The fourth-order valence-electron chi connectivity index (χ4n) is 3.07. The van der Waals surface area contributed by atoms with E-state index in [2.05, 4.69) is 19.9 Å². The summed E-state index contributed by atoms with van der Waals surface area (Å²) < 4.78 is 0. The molecule has 0 amide bonds. The van der Waals surface area contributed by atoms with Crippen molar-refractivity contribution in [3.05, 3.63) is 29.8 Å². The molecule has 0 bridgehead atoms. The highest BCUT2D eigenvalue weighted by molar-refractivity contribution is 6.20. The minimum atomic E-state index is 0.294. The summed E-state index contributed by atoms with van der Waals surface area (Å²) >= 11 is 6.48. The Labute approximate surface area is 115 Å². The molecule has 2 heteroatoms. The van der Waals surface area contributed by atoms with Crippen LogP contribution in [0.25, 0.3) is 0 Å². The molecule has 1 fully saturated rings. The first kappa shape index (κ1) is 13.7. The third-order valence-corrected chi connectivity index (χ3v) is 4.86. The van der Waals surface area contributed by atoms with Crippen molar-refractivity contribution in [2.75, 3.05) is 0 Å². The van der Waals surface area contributed by atoms with Crippen LogP contribution in [0, 0.1) is 17.8 Å². The summed E-state index contributed by atoms with van der Waals surface area (Å²) in [6.07, 6.45) is 4.61. The minimum absolute atomic E-state index is 0.294. The molecular formula is C16H23ClO. The van der Waals surface area contributed by atoms with Gasteiger partial charge in [-0.1, -0.05) is 26.0 Å². The number of hydrogen-bond donors (Lipinski definition) is 1. The average Bonchev–Trinajstić information content (AvgIpc) is 2.31. The second kappa shape index (κ2) is 5.97. The van der Waals surface area contributed by atoms with Crippen molar-refractivity contribution in [3.8, 4) is 5.75 Å². The maximum Gasteiger partial charge on any atom is 0.115 e. The first-order valence-corrected chi connectivity index (χ1v) is 7.42. The first-order valence-electron chi connectivity index (χ1n) is 6.98. The van der Waals surface area contributed by atoms with Crippen LogP contribution in [0.2, 0.25) is 0 Å². The molecular weight excluding hydrogens is 244 g/mol. The van der Waals surface area contributed by atoms with Crippen molar-refractivity contribution in [3.63, 3.8) is 0 Å². The Morgan fingerprint density at radius 2 is 2.11 bits per heavy atom. The van der Waals surface area contributed by atoms with Crippen molar-refractivity contribution in [2.24, 2.45) is 17.8 Å². The van der Waals surface area contributed by atoms with Crippen molar-refractivity contribution in [2.45, 2.75) is 44.9 Å². The zero-order valence-corrected chi connectivity index (χ0v) is 12.0. The van der Waals surface area contributed by atoms with Gasteiger partial charge in [0.05, 0.1) is 0 Å². The fraction of sp³-hybridized carbons (Fsp3) is 0.625. The van der Waals surface area contributed by atoms with Gasteiger partial charge in [-0.25, -0.2) is 0 Å². The lowest BCUT2D eigenvalue weighted by atomic mass is 9.74. The summed E-state index contributed by atoms with van der Waals surface area (Å²) in [6.45, 7) is 4.62. The Kier molecular flexibility index (Phi) is 4.55. The van der Waals surface area contributed by atoms with Gasteiger partial charge in [0, 0.05) is 5.38 Å². The molecule has 0 aliphatic heterocycles. The number of rotatable bonds is 3. The number of alkyl halides is 1. The predicted octanol–water partition coefficient (Wildman–Crippen LogP) is 4.61. The highest BCUT2D eigenvalue weighted by atomic mass is 35.5. The van der Waals surface area contributed by atoms with Gasteiger partial charge < -0.3 is 5.11 Å². The molecule has 1 aromatic rings. The lowest BCUT2D eigenvalue weighted by Gasteiger charge is -2.35. The van der Waals surface area contributed by atoms with Crippen molar-refractivity contribution in [1.29, 1.82) is 0 Å². The molecule has 2 rings (SSSR count). The molecule has 0 spiro atoms.